The maximum atomic E-state index is 4.62. The fraction of sp³-hybridized carbons (Fsp3) is 1.00. The van der Waals surface area contributed by atoms with Crippen LogP contribution in [-0.4, -0.2) is 5.25 Å². The summed E-state index contributed by atoms with van der Waals surface area (Å²) in [4.78, 5) is 0. The maximum absolute atomic E-state index is 4.62. The van der Waals surface area contributed by atoms with E-state index < -0.39 is 0 Å². The molecule has 0 aliphatic heterocycles. The van der Waals surface area contributed by atoms with Gasteiger partial charge >= 0.3 is 28.8 Å². The van der Waals surface area contributed by atoms with Gasteiger partial charge in [-0.05, 0) is 48.3 Å². The third-order valence-electron chi connectivity index (χ3n) is 5.16. The Balaban J connectivity index is 0. The first-order valence-electron chi connectivity index (χ1n) is 9.78. The molecule has 0 N–H and O–H groups in total. The fourth-order valence-corrected chi connectivity index (χ4v) is 3.58. The molecule has 0 spiro atoms. The van der Waals surface area contributed by atoms with Gasteiger partial charge in [0.05, 0.1) is 0 Å². The molecule has 3 heteroatoms. The Bertz CT molecular complexity index is 248. The molecule has 0 bridgehead atoms. The number of hydrogen-bond acceptors (Lipinski definition) is 2. The molecular weight excluding hydrogens is 497 g/mol. The minimum absolute atomic E-state index is 0.417. The number of hydrogen-bond donors (Lipinski definition) is 0. The average molecular weight is 541 g/mol. The van der Waals surface area contributed by atoms with Crippen LogP contribution in [0.2, 0.25) is 0 Å². The quantitative estimate of drug-likeness (QED) is 0.285. The third kappa shape index (κ3) is 15.6. The van der Waals surface area contributed by atoms with E-state index in [1.165, 1.54) is 51.4 Å². The van der Waals surface area contributed by atoms with Gasteiger partial charge in [0, 0.05) is 0 Å². The van der Waals surface area contributed by atoms with E-state index in [0.29, 0.717) is 16.1 Å². The minimum atomic E-state index is 0.417. The molecule has 0 amide bonds. The predicted octanol–water partition coefficient (Wildman–Crippen LogP) is 8.03. The Morgan fingerprint density at radius 1 is 0.708 bits per heavy atom. The van der Waals surface area contributed by atoms with Gasteiger partial charge in [-0.3, -0.25) is 0 Å². The topological polar surface area (TPSA) is 0 Å². The first-order valence-corrected chi connectivity index (χ1v) is 14.6. The molecule has 2 aliphatic rings. The van der Waals surface area contributed by atoms with Gasteiger partial charge in [0.1, 0.15) is 0 Å². The van der Waals surface area contributed by atoms with Gasteiger partial charge in [-0.15, -0.1) is 0 Å². The summed E-state index contributed by atoms with van der Waals surface area (Å²) in [7, 11) is 4.19. The average Bonchev–Trinajstić information content (AvgIpc) is 3.14. The van der Waals surface area contributed by atoms with Crippen molar-refractivity contribution in [3.63, 3.8) is 0 Å². The SMILES string of the molecule is CC(C)(C)C1CCCC1.CC(C)(C)C1CCCC1.CC(C)[S-].[S]=[Ta]. The molecule has 0 heterocycles. The molecule has 0 atom stereocenters. The summed E-state index contributed by atoms with van der Waals surface area (Å²) >= 11 is 5.65. The zero-order valence-corrected chi connectivity index (χ0v) is 22.5. The molecule has 2 saturated carbocycles. The molecule has 0 aromatic heterocycles. The van der Waals surface area contributed by atoms with E-state index in [0.717, 1.165) is 31.0 Å². The first kappa shape index (κ1) is 27.5. The van der Waals surface area contributed by atoms with E-state index in [2.05, 4.69) is 63.7 Å². The summed E-state index contributed by atoms with van der Waals surface area (Å²) in [6, 6.07) is 0. The van der Waals surface area contributed by atoms with Crippen molar-refractivity contribution >= 4 is 22.2 Å². The van der Waals surface area contributed by atoms with Crippen LogP contribution in [0.4, 0.5) is 0 Å². The molecule has 0 nitrogen and oxygen atoms in total. The Morgan fingerprint density at radius 2 is 0.875 bits per heavy atom. The first-order chi connectivity index (χ1) is 10.9. The van der Waals surface area contributed by atoms with Gasteiger partial charge < -0.3 is 12.6 Å². The van der Waals surface area contributed by atoms with Gasteiger partial charge in [-0.25, -0.2) is 0 Å². The van der Waals surface area contributed by atoms with Crippen LogP contribution in [0.1, 0.15) is 107 Å². The molecular formula is C21H43S2Ta-. The van der Waals surface area contributed by atoms with E-state index in [4.69, 9.17) is 0 Å². The standard InChI is InChI=1S/2C9H18.C3H8S.S.Ta/c2*1-9(2,3)8-6-4-5-7-8;1-3(2)4;;/h2*8H,4-7H2,1-3H3;3-4H,1-2H3;;/p-1. The zero-order valence-electron chi connectivity index (χ0n) is 17.7. The van der Waals surface area contributed by atoms with Crippen LogP contribution in [0.5, 0.6) is 0 Å². The monoisotopic (exact) mass is 540 g/mol. The Hall–Kier alpha value is 1.31. The molecule has 0 aromatic carbocycles. The summed E-state index contributed by atoms with van der Waals surface area (Å²) in [5.41, 5.74) is 1.16. The van der Waals surface area contributed by atoms with Crippen molar-refractivity contribution < 1.29 is 19.2 Å². The fourth-order valence-electron chi connectivity index (χ4n) is 3.58. The van der Waals surface area contributed by atoms with Gasteiger partial charge in [0.25, 0.3) is 0 Å². The summed E-state index contributed by atoms with van der Waals surface area (Å²) in [5, 5.41) is 0.417. The van der Waals surface area contributed by atoms with Crippen LogP contribution in [0.15, 0.2) is 0 Å². The van der Waals surface area contributed by atoms with Gasteiger partial charge in [0.2, 0.25) is 0 Å². The summed E-state index contributed by atoms with van der Waals surface area (Å²) in [5.74, 6) is 2.02. The molecule has 2 aliphatic carbocycles. The summed E-state index contributed by atoms with van der Waals surface area (Å²) < 4.78 is 0. The van der Waals surface area contributed by atoms with E-state index in [9.17, 15) is 0 Å². The number of rotatable bonds is 0. The van der Waals surface area contributed by atoms with Crippen molar-refractivity contribution in [1.82, 2.24) is 0 Å². The molecule has 0 unspecified atom stereocenters. The molecule has 2 fully saturated rings. The van der Waals surface area contributed by atoms with E-state index >= 15 is 0 Å². The third-order valence-corrected chi connectivity index (χ3v) is 5.16. The molecule has 0 saturated heterocycles. The van der Waals surface area contributed by atoms with Crippen LogP contribution in [0.25, 0.3) is 0 Å². The normalized spacial score (nSPS) is 18.9. The second-order valence-corrected chi connectivity index (χ2v) is 10.7. The van der Waals surface area contributed by atoms with Crippen LogP contribution in [-0.2, 0) is 31.8 Å². The van der Waals surface area contributed by atoms with E-state index in [1.807, 2.05) is 13.8 Å². The van der Waals surface area contributed by atoms with Crippen LogP contribution in [0.3, 0.4) is 0 Å². The molecule has 24 heavy (non-hydrogen) atoms. The van der Waals surface area contributed by atoms with E-state index in [-0.39, 0.29) is 0 Å². The Labute approximate surface area is 175 Å². The van der Waals surface area contributed by atoms with Crippen molar-refractivity contribution in [2.75, 3.05) is 0 Å². The van der Waals surface area contributed by atoms with Crippen molar-refractivity contribution in [2.24, 2.45) is 22.7 Å². The predicted molar refractivity (Wildman–Crippen MR) is 113 cm³/mol. The van der Waals surface area contributed by atoms with Gasteiger partial charge in [0.15, 0.2) is 0 Å². The summed E-state index contributed by atoms with van der Waals surface area (Å²) in [6.07, 6.45) is 11.8. The van der Waals surface area contributed by atoms with Gasteiger partial charge in [-0.2, -0.15) is 5.25 Å². The molecule has 0 aromatic rings. The van der Waals surface area contributed by atoms with Crippen molar-refractivity contribution in [1.29, 1.82) is 0 Å². The van der Waals surface area contributed by atoms with Crippen molar-refractivity contribution in [3.05, 3.63) is 0 Å². The molecule has 145 valence electrons. The second-order valence-electron chi connectivity index (χ2n) is 9.74. The second kappa shape index (κ2) is 14.4. The zero-order chi connectivity index (χ0) is 19.4. The Morgan fingerprint density at radius 3 is 0.958 bits per heavy atom. The van der Waals surface area contributed by atoms with Crippen molar-refractivity contribution in [3.8, 4) is 0 Å². The van der Waals surface area contributed by atoms with Crippen LogP contribution >= 0.6 is 9.58 Å². The van der Waals surface area contributed by atoms with Crippen LogP contribution < -0.4 is 0 Å². The van der Waals surface area contributed by atoms with Crippen LogP contribution in [0, 0.1) is 22.7 Å². The van der Waals surface area contributed by atoms with Crippen molar-refractivity contribution in [2.45, 2.75) is 112 Å². The Kier molecular flexibility index (Phi) is 16.5. The molecule has 0 radical (unpaired) electrons. The van der Waals surface area contributed by atoms with E-state index in [1.54, 1.807) is 0 Å². The summed E-state index contributed by atoms with van der Waals surface area (Å²) in [6.45, 7) is 18.1. The molecule has 2 rings (SSSR count). The van der Waals surface area contributed by atoms with Gasteiger partial charge in [-0.1, -0.05) is 81.1 Å².